The van der Waals surface area contributed by atoms with Gasteiger partial charge in [-0.2, -0.15) is 25.3 Å². The third kappa shape index (κ3) is 9.02. The predicted octanol–water partition coefficient (Wildman–Crippen LogP) is 6.36. The van der Waals surface area contributed by atoms with Gasteiger partial charge >= 0.3 is 0 Å². The molecule has 11 nitrogen and oxygen atoms in total. The van der Waals surface area contributed by atoms with E-state index in [1.54, 1.807) is 36.4 Å². The van der Waals surface area contributed by atoms with E-state index < -0.39 is 30.4 Å². The van der Waals surface area contributed by atoms with Gasteiger partial charge in [-0.05, 0) is 103 Å². The fourth-order valence-corrected chi connectivity index (χ4v) is 7.94. The van der Waals surface area contributed by atoms with Gasteiger partial charge in [-0.15, -0.1) is 0 Å². The first-order chi connectivity index (χ1) is 24.5. The largest absolute Gasteiger partial charge is 0.367 e. The molecule has 0 aromatic heterocycles. The van der Waals surface area contributed by atoms with Gasteiger partial charge in [-0.3, -0.25) is 13.7 Å². The number of aryl methyl sites for hydroxylation is 1. The lowest BCUT2D eigenvalue weighted by molar-refractivity contribution is -0.539. The molecule has 0 aliphatic heterocycles. The summed E-state index contributed by atoms with van der Waals surface area (Å²) in [4.78, 5) is 1.40. The second-order valence-corrected chi connectivity index (χ2v) is 16.4. The van der Waals surface area contributed by atoms with Crippen molar-refractivity contribution in [2.45, 2.75) is 48.5 Å². The van der Waals surface area contributed by atoms with Crippen LogP contribution in [0.2, 0.25) is 0 Å². The van der Waals surface area contributed by atoms with E-state index in [0.29, 0.717) is 59.6 Å². The van der Waals surface area contributed by atoms with Crippen molar-refractivity contribution in [3.8, 4) is 0 Å². The molecule has 1 aliphatic rings. The topological polar surface area (TPSA) is 169 Å². The van der Waals surface area contributed by atoms with Crippen molar-refractivity contribution in [2.75, 3.05) is 18.0 Å². The van der Waals surface area contributed by atoms with Gasteiger partial charge in [0, 0.05) is 42.1 Å². The molecule has 52 heavy (non-hydrogen) atoms. The molecule has 0 spiro atoms. The summed E-state index contributed by atoms with van der Waals surface area (Å²) < 4.78 is 103. The van der Waals surface area contributed by atoms with Crippen molar-refractivity contribution in [1.29, 1.82) is 0 Å². The lowest BCUT2D eigenvalue weighted by atomic mass is 9.88. The molecule has 272 valence electrons. The Morgan fingerprint density at radius 2 is 1.25 bits per heavy atom. The lowest BCUT2D eigenvalue weighted by Gasteiger charge is -2.25. The molecule has 0 fully saturated rings. The van der Waals surface area contributed by atoms with Crippen LogP contribution in [0.4, 0.5) is 5.69 Å². The average Bonchev–Trinajstić information content (AvgIpc) is 3.10. The Morgan fingerprint density at radius 3 is 1.81 bits per heavy atom. The quantitative estimate of drug-likeness (QED) is 0.109. The molecule has 0 unspecified atom stereocenters. The van der Waals surface area contributed by atoms with Crippen LogP contribution in [-0.2, 0) is 43.4 Å². The normalized spacial score (nSPS) is 13.3. The van der Waals surface area contributed by atoms with E-state index in [1.165, 1.54) is 36.4 Å². The zero-order valence-electron chi connectivity index (χ0n) is 28.7. The van der Waals surface area contributed by atoms with Gasteiger partial charge in [-0.1, -0.05) is 48.5 Å². The SMILES string of the molecule is CCN(Cc1cccc(S(=O)(=O)O)c1)c1ccc(C(=C2C=CC(=[N+](CC)Cc3cccc(S(=O)(=O)O)c3)C=C2)c2ccccc2S(=O)(=O)O)c(C)c1. The molecule has 0 bridgehead atoms. The van der Waals surface area contributed by atoms with E-state index in [4.69, 9.17) is 0 Å². The Bertz CT molecular complexity index is 2470. The van der Waals surface area contributed by atoms with E-state index in [9.17, 15) is 38.9 Å². The number of hydrogen-bond acceptors (Lipinski definition) is 7. The smallest absolute Gasteiger partial charge is 0.295 e. The summed E-state index contributed by atoms with van der Waals surface area (Å²) in [5.74, 6) is 0. The fraction of sp³-hybridized carbons (Fsp3) is 0.184. The van der Waals surface area contributed by atoms with Gasteiger partial charge in [0.25, 0.3) is 30.4 Å². The molecule has 0 saturated heterocycles. The Balaban J connectivity index is 1.58. The van der Waals surface area contributed by atoms with Crippen molar-refractivity contribution in [1.82, 2.24) is 0 Å². The number of allylic oxidation sites excluding steroid dienone is 5. The molecule has 14 heteroatoms. The minimum atomic E-state index is -4.61. The third-order valence-corrected chi connectivity index (χ3v) is 11.3. The predicted molar refractivity (Wildman–Crippen MR) is 200 cm³/mol. The first-order valence-electron chi connectivity index (χ1n) is 16.3. The number of hydrogen-bond donors (Lipinski definition) is 3. The van der Waals surface area contributed by atoms with Crippen molar-refractivity contribution in [2.24, 2.45) is 0 Å². The molecule has 0 heterocycles. The van der Waals surface area contributed by atoms with Crippen LogP contribution < -0.4 is 4.90 Å². The Hall–Kier alpha value is -4.70. The van der Waals surface area contributed by atoms with E-state index in [2.05, 4.69) is 0 Å². The first-order valence-corrected chi connectivity index (χ1v) is 20.6. The Labute approximate surface area is 304 Å². The Kier molecular flexibility index (Phi) is 11.5. The summed E-state index contributed by atoms with van der Waals surface area (Å²) in [5, 5.41) is 0. The summed E-state index contributed by atoms with van der Waals surface area (Å²) in [6.07, 6.45) is 7.47. The zero-order valence-corrected chi connectivity index (χ0v) is 31.2. The average molecular weight is 764 g/mol. The maximum atomic E-state index is 12.6. The van der Waals surface area contributed by atoms with Crippen molar-refractivity contribution in [3.05, 3.63) is 149 Å². The summed E-state index contributed by atoms with van der Waals surface area (Å²) in [7, 11) is -13.3. The van der Waals surface area contributed by atoms with E-state index in [-0.39, 0.29) is 14.7 Å². The molecular weight excluding hydrogens is 725 g/mol. The highest BCUT2D eigenvalue weighted by molar-refractivity contribution is 7.86. The summed E-state index contributed by atoms with van der Waals surface area (Å²) in [5.41, 5.74) is 6.07. The first kappa shape index (κ1) is 38.5. The maximum Gasteiger partial charge on any atom is 0.295 e. The van der Waals surface area contributed by atoms with Crippen LogP contribution in [0.5, 0.6) is 0 Å². The highest BCUT2D eigenvalue weighted by atomic mass is 32.2. The van der Waals surface area contributed by atoms with Gasteiger partial charge < -0.3 is 4.90 Å². The fourth-order valence-electron chi connectivity index (χ4n) is 6.14. The van der Waals surface area contributed by atoms with E-state index in [1.807, 2.05) is 72.7 Å². The van der Waals surface area contributed by atoms with Crippen molar-refractivity contribution < 1.29 is 43.5 Å². The number of anilines is 1. The number of benzene rings is 4. The lowest BCUT2D eigenvalue weighted by Crippen LogP contribution is -2.22. The molecular formula is C38H39N2O9S3+. The molecule has 5 rings (SSSR count). The van der Waals surface area contributed by atoms with E-state index in [0.717, 1.165) is 17.0 Å². The van der Waals surface area contributed by atoms with Crippen LogP contribution >= 0.6 is 0 Å². The minimum Gasteiger partial charge on any atom is -0.367 e. The van der Waals surface area contributed by atoms with Crippen LogP contribution in [0, 0.1) is 6.92 Å². The highest BCUT2D eigenvalue weighted by Crippen LogP contribution is 2.36. The third-order valence-electron chi connectivity index (χ3n) is 8.70. The molecule has 4 aromatic rings. The highest BCUT2D eigenvalue weighted by Gasteiger charge is 2.24. The van der Waals surface area contributed by atoms with Gasteiger partial charge in [0.15, 0.2) is 12.3 Å². The molecule has 0 saturated carbocycles. The van der Waals surface area contributed by atoms with Crippen molar-refractivity contribution >= 4 is 47.3 Å². The summed E-state index contributed by atoms with van der Waals surface area (Å²) in [6, 6.07) is 24.1. The van der Waals surface area contributed by atoms with Crippen LogP contribution in [0.1, 0.15) is 41.7 Å². The second-order valence-electron chi connectivity index (χ2n) is 12.2. The van der Waals surface area contributed by atoms with Crippen LogP contribution in [0.25, 0.3) is 5.57 Å². The summed E-state index contributed by atoms with van der Waals surface area (Å²) in [6.45, 7) is 7.68. The van der Waals surface area contributed by atoms with Gasteiger partial charge in [0.2, 0.25) is 0 Å². The molecule has 1 aliphatic carbocycles. The number of nitrogens with zero attached hydrogens (tertiary/aromatic N) is 2. The van der Waals surface area contributed by atoms with Gasteiger partial charge in [0.1, 0.15) is 11.4 Å². The Morgan fingerprint density at radius 1 is 0.654 bits per heavy atom. The standard InChI is InChI=1S/C38H38N2O9S3/c1-4-39(25-28-10-8-12-33(23-28)50(41,42)43)31-18-16-30(17-19-31)38(36-14-6-7-15-37(36)52(47,48)49)35-21-20-32(22-27(35)3)40(5-2)26-29-11-9-13-34(24-29)51(44,45)46/h6-24H,4-5,25-26H2,1-3H3,(H2-,41,42,43,44,45,46,47,48,49)/p+1. The van der Waals surface area contributed by atoms with Gasteiger partial charge in [0.05, 0.1) is 9.79 Å². The molecule has 0 radical (unpaired) electrons. The van der Waals surface area contributed by atoms with Crippen LogP contribution in [-0.4, -0.2) is 62.3 Å². The monoisotopic (exact) mass is 763 g/mol. The van der Waals surface area contributed by atoms with Crippen LogP contribution in [0.3, 0.4) is 0 Å². The second kappa shape index (κ2) is 15.5. The molecule has 0 atom stereocenters. The van der Waals surface area contributed by atoms with Crippen molar-refractivity contribution in [3.63, 3.8) is 0 Å². The minimum absolute atomic E-state index is 0.191. The maximum absolute atomic E-state index is 12.6. The number of rotatable bonds is 12. The van der Waals surface area contributed by atoms with Gasteiger partial charge in [-0.25, -0.2) is 4.58 Å². The molecule has 3 N–H and O–H groups in total. The van der Waals surface area contributed by atoms with E-state index >= 15 is 0 Å². The van der Waals surface area contributed by atoms with Crippen LogP contribution in [0.15, 0.2) is 136 Å². The summed E-state index contributed by atoms with van der Waals surface area (Å²) >= 11 is 0. The molecule has 0 amide bonds. The zero-order chi connectivity index (χ0) is 37.8. The molecule has 4 aromatic carbocycles.